The molecule has 0 N–H and O–H groups in total. The predicted molar refractivity (Wildman–Crippen MR) is 123 cm³/mol. The van der Waals surface area contributed by atoms with Gasteiger partial charge in [-0.05, 0) is 60.4 Å². The third kappa shape index (κ3) is 2.34. The SMILES string of the molecule is CCOc1ccc(N2C(=O)[C@H]3C4c5ccccc5C(C(C)=O)(c5ccccc54)[C@H]3C2=O)cc1. The van der Waals surface area contributed by atoms with Crippen molar-refractivity contribution in [2.45, 2.75) is 25.2 Å². The number of nitrogens with zero attached hydrogens (tertiary/aromatic N) is 1. The minimum absolute atomic E-state index is 0.106. The molecule has 3 aromatic rings. The topological polar surface area (TPSA) is 63.7 Å². The molecule has 33 heavy (non-hydrogen) atoms. The fourth-order valence-electron chi connectivity index (χ4n) is 6.48. The van der Waals surface area contributed by atoms with Crippen LogP contribution in [0.4, 0.5) is 5.69 Å². The Morgan fingerprint density at radius 2 is 1.45 bits per heavy atom. The average molecular weight is 437 g/mol. The number of benzene rings is 3. The van der Waals surface area contributed by atoms with Gasteiger partial charge in [0.1, 0.15) is 11.5 Å². The molecule has 0 spiro atoms. The van der Waals surface area contributed by atoms with Crippen LogP contribution >= 0.6 is 0 Å². The minimum atomic E-state index is -1.17. The zero-order chi connectivity index (χ0) is 22.9. The number of amides is 2. The van der Waals surface area contributed by atoms with Crippen LogP contribution in [0.1, 0.15) is 42.0 Å². The van der Waals surface area contributed by atoms with Crippen molar-refractivity contribution in [1.29, 1.82) is 0 Å². The lowest BCUT2D eigenvalue weighted by molar-refractivity contribution is -0.132. The van der Waals surface area contributed by atoms with Gasteiger partial charge in [0.15, 0.2) is 0 Å². The minimum Gasteiger partial charge on any atom is -0.494 e. The zero-order valence-electron chi connectivity index (χ0n) is 18.4. The maximum Gasteiger partial charge on any atom is 0.239 e. The largest absolute Gasteiger partial charge is 0.494 e. The van der Waals surface area contributed by atoms with E-state index in [1.165, 1.54) is 4.90 Å². The molecule has 5 heteroatoms. The van der Waals surface area contributed by atoms with E-state index >= 15 is 0 Å². The number of anilines is 1. The molecule has 1 aliphatic heterocycles. The molecule has 3 aliphatic carbocycles. The number of ether oxygens (including phenoxy) is 1. The van der Waals surface area contributed by atoms with Gasteiger partial charge in [-0.1, -0.05) is 48.5 Å². The molecule has 3 aromatic carbocycles. The summed E-state index contributed by atoms with van der Waals surface area (Å²) >= 11 is 0. The van der Waals surface area contributed by atoms with Gasteiger partial charge in [-0.3, -0.25) is 14.4 Å². The van der Waals surface area contributed by atoms with Gasteiger partial charge in [-0.15, -0.1) is 0 Å². The van der Waals surface area contributed by atoms with Crippen LogP contribution < -0.4 is 9.64 Å². The summed E-state index contributed by atoms with van der Waals surface area (Å²) in [4.78, 5) is 42.7. The maximum absolute atomic E-state index is 14.0. The molecule has 4 aliphatic rings. The van der Waals surface area contributed by atoms with Crippen molar-refractivity contribution in [1.82, 2.24) is 0 Å². The average Bonchev–Trinajstić information content (AvgIpc) is 3.10. The highest BCUT2D eigenvalue weighted by molar-refractivity contribution is 6.25. The van der Waals surface area contributed by atoms with Crippen LogP contribution in [0, 0.1) is 11.8 Å². The Bertz CT molecular complexity index is 1280. The van der Waals surface area contributed by atoms with Gasteiger partial charge in [-0.2, -0.15) is 0 Å². The third-order valence-corrected chi connectivity index (χ3v) is 7.58. The van der Waals surface area contributed by atoms with Crippen molar-refractivity contribution < 1.29 is 19.1 Å². The predicted octanol–water partition coefficient (Wildman–Crippen LogP) is 4.23. The Morgan fingerprint density at radius 1 is 0.879 bits per heavy atom. The van der Waals surface area contributed by atoms with Gasteiger partial charge in [-0.25, -0.2) is 4.90 Å². The van der Waals surface area contributed by atoms with E-state index in [1.54, 1.807) is 31.2 Å². The zero-order valence-corrected chi connectivity index (χ0v) is 18.4. The molecule has 0 aromatic heterocycles. The Balaban J connectivity index is 1.58. The van der Waals surface area contributed by atoms with Gasteiger partial charge in [0, 0.05) is 5.92 Å². The second kappa shape index (κ2) is 6.88. The number of ketones is 1. The molecule has 2 bridgehead atoms. The lowest BCUT2D eigenvalue weighted by Gasteiger charge is -2.52. The van der Waals surface area contributed by atoms with Crippen molar-refractivity contribution in [3.05, 3.63) is 95.1 Å². The summed E-state index contributed by atoms with van der Waals surface area (Å²) in [6.07, 6.45) is 0. The molecule has 0 saturated carbocycles. The fraction of sp³-hybridized carbons (Fsp3) is 0.250. The summed E-state index contributed by atoms with van der Waals surface area (Å²) < 4.78 is 5.51. The molecule has 2 amide bonds. The molecule has 7 rings (SSSR count). The van der Waals surface area contributed by atoms with Crippen LogP contribution in [0.25, 0.3) is 0 Å². The molecular formula is C28H23NO4. The van der Waals surface area contributed by atoms with Crippen LogP contribution in [0.3, 0.4) is 0 Å². The number of rotatable bonds is 4. The van der Waals surface area contributed by atoms with Crippen molar-refractivity contribution in [3.63, 3.8) is 0 Å². The second-order valence-electron chi connectivity index (χ2n) is 8.96. The molecule has 164 valence electrons. The van der Waals surface area contributed by atoms with Crippen molar-refractivity contribution >= 4 is 23.3 Å². The first-order valence-corrected chi connectivity index (χ1v) is 11.3. The Kier molecular flexibility index (Phi) is 4.15. The number of carbonyl (C=O) groups is 3. The summed E-state index contributed by atoms with van der Waals surface area (Å²) in [6.45, 7) is 3.98. The number of imide groups is 1. The molecule has 0 unspecified atom stereocenters. The van der Waals surface area contributed by atoms with Crippen molar-refractivity contribution in [3.8, 4) is 5.75 Å². The van der Waals surface area contributed by atoms with E-state index in [4.69, 9.17) is 4.74 Å². The first-order valence-electron chi connectivity index (χ1n) is 11.3. The second-order valence-corrected chi connectivity index (χ2v) is 8.96. The Morgan fingerprint density at radius 3 is 2.00 bits per heavy atom. The van der Waals surface area contributed by atoms with E-state index < -0.39 is 17.3 Å². The van der Waals surface area contributed by atoms with Gasteiger partial charge in [0.05, 0.1) is 29.5 Å². The molecule has 0 radical (unpaired) electrons. The van der Waals surface area contributed by atoms with Crippen LogP contribution in [0.2, 0.25) is 0 Å². The fourth-order valence-corrected chi connectivity index (χ4v) is 6.48. The molecule has 1 saturated heterocycles. The smallest absolute Gasteiger partial charge is 0.239 e. The van der Waals surface area contributed by atoms with Crippen LogP contribution in [-0.4, -0.2) is 24.2 Å². The number of hydrogen-bond acceptors (Lipinski definition) is 4. The van der Waals surface area contributed by atoms with E-state index in [-0.39, 0.29) is 23.5 Å². The van der Waals surface area contributed by atoms with Gasteiger partial charge in [0.25, 0.3) is 0 Å². The summed E-state index contributed by atoms with van der Waals surface area (Å²) in [6, 6.07) is 22.6. The monoisotopic (exact) mass is 437 g/mol. The number of Topliss-reactive ketones (excluding diaryl/α,β-unsaturated/α-hetero) is 1. The van der Waals surface area contributed by atoms with E-state index in [1.807, 2.05) is 55.5 Å². The van der Waals surface area contributed by atoms with E-state index in [0.29, 0.717) is 18.0 Å². The van der Waals surface area contributed by atoms with Gasteiger partial charge < -0.3 is 4.74 Å². The quantitative estimate of drug-likeness (QED) is 0.573. The van der Waals surface area contributed by atoms with Crippen molar-refractivity contribution in [2.75, 3.05) is 11.5 Å². The summed E-state index contributed by atoms with van der Waals surface area (Å²) in [5.41, 5.74) is 3.01. The molecule has 5 nitrogen and oxygen atoms in total. The molecule has 2 atom stereocenters. The Hall–Kier alpha value is -3.73. The van der Waals surface area contributed by atoms with E-state index in [9.17, 15) is 14.4 Å². The number of hydrogen-bond donors (Lipinski definition) is 0. The van der Waals surface area contributed by atoms with Gasteiger partial charge >= 0.3 is 0 Å². The summed E-state index contributed by atoms with van der Waals surface area (Å²) in [5.74, 6) is -1.61. The highest BCUT2D eigenvalue weighted by Crippen LogP contribution is 2.64. The van der Waals surface area contributed by atoms with Crippen LogP contribution in [-0.2, 0) is 19.8 Å². The summed E-state index contributed by atoms with van der Waals surface area (Å²) in [5, 5.41) is 0. The molecule has 1 heterocycles. The maximum atomic E-state index is 14.0. The standard InChI is InChI=1S/C28H23NO4/c1-3-33-18-14-12-17(13-15-18)29-26(31)24-23-19-8-4-6-10-21(19)28(16(2)30,25(24)27(29)32)22-11-7-5-9-20(22)23/h4-15,23-25H,3H2,1-2H3/t23?,24-,25+,28?/m0/s1. The van der Waals surface area contributed by atoms with E-state index in [2.05, 4.69) is 0 Å². The molecule has 1 fully saturated rings. The third-order valence-electron chi connectivity index (χ3n) is 7.58. The first-order chi connectivity index (χ1) is 16.0. The van der Waals surface area contributed by atoms with Crippen LogP contribution in [0.15, 0.2) is 72.8 Å². The van der Waals surface area contributed by atoms with Crippen molar-refractivity contribution in [2.24, 2.45) is 11.8 Å². The van der Waals surface area contributed by atoms with Crippen LogP contribution in [0.5, 0.6) is 5.75 Å². The number of carbonyl (C=O) groups excluding carboxylic acids is 3. The lowest BCUT2D eigenvalue weighted by atomic mass is 9.46. The lowest BCUT2D eigenvalue weighted by Crippen LogP contribution is -2.57. The first kappa shape index (κ1) is 19.9. The highest BCUT2D eigenvalue weighted by Gasteiger charge is 2.69. The highest BCUT2D eigenvalue weighted by atomic mass is 16.5. The van der Waals surface area contributed by atoms with Gasteiger partial charge in [0.2, 0.25) is 11.8 Å². The van der Waals surface area contributed by atoms with E-state index in [0.717, 1.165) is 22.3 Å². The summed E-state index contributed by atoms with van der Waals surface area (Å²) in [7, 11) is 0. The Labute approximate surface area is 192 Å². The normalized spacial score (nSPS) is 26.6. The molecular weight excluding hydrogens is 414 g/mol.